The average molecular weight is 1770 g/mol. The maximum Gasteiger partial charge on any atom is 0.253 e. The molecule has 5 aromatic carbocycles. The smallest absolute Gasteiger partial charge is 0.253 e. The summed E-state index contributed by atoms with van der Waals surface area (Å²) in [6, 6.07) is 19.5. The van der Waals surface area contributed by atoms with Gasteiger partial charge >= 0.3 is 0 Å². The van der Waals surface area contributed by atoms with E-state index in [4.69, 9.17) is 72.2 Å². The van der Waals surface area contributed by atoms with Crippen LogP contribution in [0.15, 0.2) is 83.3 Å². The van der Waals surface area contributed by atoms with Crippen molar-refractivity contribution >= 4 is 135 Å². The lowest BCUT2D eigenvalue weighted by Gasteiger charge is -2.20. The van der Waals surface area contributed by atoms with Crippen LogP contribution in [0.25, 0.3) is 0 Å². The third-order valence-corrected chi connectivity index (χ3v) is 18.0. The number of carbonyl (C=O) groups is 6. The zero-order chi connectivity index (χ0) is 90.3. The lowest BCUT2D eigenvalue weighted by molar-refractivity contribution is -0.176. The minimum atomic E-state index is -1.18. The lowest BCUT2D eigenvalue weighted by atomic mass is 10.0. The Hall–Kier alpha value is -11.8. The summed E-state index contributed by atoms with van der Waals surface area (Å²) in [5.74, 6) is -9.45. The van der Waals surface area contributed by atoms with Gasteiger partial charge in [-0.1, -0.05) is 69.2 Å². The van der Waals surface area contributed by atoms with E-state index in [1.54, 1.807) is 36.4 Å². The highest BCUT2D eigenvalue weighted by Gasteiger charge is 2.25. The molecule has 0 bridgehead atoms. The molecule has 0 radical (unpaired) electrons. The van der Waals surface area contributed by atoms with E-state index in [1.165, 1.54) is 58.9 Å². The average Bonchev–Trinajstić information content (AvgIpc) is 1.24. The van der Waals surface area contributed by atoms with Crippen molar-refractivity contribution in [2.24, 2.45) is 69.7 Å². The van der Waals surface area contributed by atoms with Crippen molar-refractivity contribution in [3.05, 3.63) is 175 Å². The third kappa shape index (κ3) is 37.8. The van der Waals surface area contributed by atoms with Crippen molar-refractivity contribution < 1.29 is 74.4 Å². The molecular formula is C77H96BrF8N21O8S3. The second-order valence-electron chi connectivity index (χ2n) is 27.8. The number of amides is 6. The monoisotopic (exact) mass is 1770 g/mol. The van der Waals surface area contributed by atoms with Crippen LogP contribution in [-0.2, 0) is 24.0 Å². The highest BCUT2D eigenvalue weighted by atomic mass is 79.9. The Balaban J connectivity index is 0.000000711. The van der Waals surface area contributed by atoms with Gasteiger partial charge < -0.3 is 77.8 Å². The highest BCUT2D eigenvalue weighted by Crippen LogP contribution is 2.33. The number of nitrogen functional groups attached to an aromatic ring is 1. The van der Waals surface area contributed by atoms with E-state index in [0.29, 0.717) is 93.4 Å². The van der Waals surface area contributed by atoms with Crippen LogP contribution in [0.4, 0.5) is 84.3 Å². The van der Waals surface area contributed by atoms with Gasteiger partial charge in [0.25, 0.3) is 5.91 Å². The normalized spacial score (nSPS) is 11.5. The van der Waals surface area contributed by atoms with Crippen molar-refractivity contribution in [2.45, 2.75) is 152 Å². The molecule has 0 aliphatic carbocycles. The maximum atomic E-state index is 14.5. The molecule has 3 heterocycles. The summed E-state index contributed by atoms with van der Waals surface area (Å²) in [6.45, 7) is 25.1. The molecular weight excluding hydrogens is 1680 g/mol. The van der Waals surface area contributed by atoms with E-state index in [1.807, 2.05) is 102 Å². The number of anilines is 9. The molecule has 41 heteroatoms. The fourth-order valence-electron chi connectivity index (χ4n) is 9.93. The Bertz CT molecular complexity index is 4790. The number of primary amides is 6. The van der Waals surface area contributed by atoms with Crippen LogP contribution < -0.4 is 77.8 Å². The van der Waals surface area contributed by atoms with Gasteiger partial charge in [-0.05, 0) is 194 Å². The van der Waals surface area contributed by atoms with Gasteiger partial charge in [-0.2, -0.15) is 34.2 Å². The van der Waals surface area contributed by atoms with Gasteiger partial charge in [-0.25, -0.2) is 35.1 Å². The molecule has 0 fully saturated rings. The predicted molar refractivity (Wildman–Crippen MR) is 445 cm³/mol. The van der Waals surface area contributed by atoms with Crippen LogP contribution in [-0.4, -0.2) is 89.3 Å². The first-order valence-corrected chi connectivity index (χ1v) is 38.5. The summed E-state index contributed by atoms with van der Waals surface area (Å²) in [6.07, 6.45) is 2.64. The Morgan fingerprint density at radius 1 is 0.407 bits per heavy atom. The first-order valence-electron chi connectivity index (χ1n) is 35.4. The molecule has 8 aromatic rings. The topological polar surface area (TPSA) is 557 Å². The van der Waals surface area contributed by atoms with Gasteiger partial charge in [0.1, 0.15) is 132 Å². The van der Waals surface area contributed by atoms with Crippen LogP contribution in [0.2, 0.25) is 0 Å². The molecule has 118 heavy (non-hydrogen) atoms. The van der Waals surface area contributed by atoms with Crippen LogP contribution in [0.3, 0.4) is 0 Å². The number of aryl methyl sites for hydroxylation is 3. The largest absolute Gasteiger partial charge is 0.389 e. The summed E-state index contributed by atoms with van der Waals surface area (Å²) in [4.78, 5) is 67.9. The summed E-state index contributed by atoms with van der Waals surface area (Å²) in [5.41, 5.74) is 44.9. The third-order valence-electron chi connectivity index (χ3n) is 15.0. The molecule has 0 saturated heterocycles. The van der Waals surface area contributed by atoms with Crippen molar-refractivity contribution in [3.8, 4) is 24.3 Å². The number of nitrogens with one attached hydrogen (secondary N) is 6. The molecule has 3 aromatic heterocycles. The number of aromatic nitrogens is 3. The van der Waals surface area contributed by atoms with Crippen LogP contribution >= 0.6 is 50.5 Å². The number of hydrogen-bond donors (Lipinski definition) is 16. The van der Waals surface area contributed by atoms with Crippen LogP contribution in [0.1, 0.15) is 151 Å². The molecule has 638 valence electrons. The van der Waals surface area contributed by atoms with E-state index < -0.39 is 118 Å². The number of nitriles is 4. The number of nitrogens with zero attached hydrogens (tertiary/aromatic N) is 7. The Kier molecular flexibility index (Phi) is 45.9. The minimum absolute atomic E-state index is 0.0648. The summed E-state index contributed by atoms with van der Waals surface area (Å²) < 4.78 is 118. The molecule has 0 aliphatic rings. The molecule has 0 unspecified atom stereocenters. The summed E-state index contributed by atoms with van der Waals surface area (Å²) in [7, 11) is 0. The number of benzene rings is 5. The SMILES string of the molecule is CC(C)C[C@@H](N)C(N)=O.CC(C)C[C@@H](Nc1cc(F)c(C#N)c(Br)c1)C(N)=O.CC(C)C[C@@H](Nc1cc(F)cc(F)c1C#N)C(N)=O.Cc1cc(N)sn1.Cc1cc(Nc2cc(N[C@H](CC(C)C)C(N)=O)cc(F)c2C#N)sn1.Cc1cc(Nc2cc(N[C@H](CC(C)C)C(N)=O)cc(F)c2C(N)=O)sn1.N#Cc1c(F)cc(F)cc1F.OO. The molecule has 8 rings (SSSR count). The molecule has 24 N–H and O–H groups in total. The highest BCUT2D eigenvalue weighted by molar-refractivity contribution is 9.10. The van der Waals surface area contributed by atoms with Gasteiger partial charge in [0, 0.05) is 39.7 Å². The van der Waals surface area contributed by atoms with Gasteiger partial charge in [0.15, 0.2) is 0 Å². The molecule has 29 nitrogen and oxygen atoms in total. The fraction of sp³-hybridized carbons (Fsp3) is 0.364. The van der Waals surface area contributed by atoms with E-state index in [-0.39, 0.29) is 57.3 Å². The molecule has 0 spiro atoms. The Labute approximate surface area is 698 Å². The summed E-state index contributed by atoms with van der Waals surface area (Å²) >= 11 is 6.84. The second-order valence-corrected chi connectivity index (χ2v) is 31.1. The van der Waals surface area contributed by atoms with E-state index >= 15 is 0 Å². The van der Waals surface area contributed by atoms with Crippen LogP contribution in [0, 0.1) is 142 Å². The van der Waals surface area contributed by atoms with Crippen molar-refractivity contribution in [3.63, 3.8) is 0 Å². The zero-order valence-corrected chi connectivity index (χ0v) is 70.6. The number of nitrogens with two attached hydrogens (primary N) is 8. The molecule has 0 aliphatic heterocycles. The van der Waals surface area contributed by atoms with Gasteiger partial charge in [-0.3, -0.25) is 39.3 Å². The quantitative estimate of drug-likeness (QED) is 0.0123. The standard InChI is InChI=1S/C17H22FN5O2S.C17H20FN5OS.C13H15BrFN3O.C13H15F2N3O.C7H2F3N.C6H14N2O.C4H6N2S.H2O2/c1-8(2)4-13(16(19)24)21-10-6-11(18)15(17(20)25)12(7-10)22-14-5-9(3)23-26-14;1-9(2)4-15(17(20)24)21-11-6-13(18)12(8-19)14(7-11)22-16-5-10(3)23-25-16;1-7(2)3-12(13(17)19)18-8-4-10(14)9(6-16)11(15)5-8;1-7(2)3-12(13(17)19)18-11-5-8(14)4-10(15)9(11)6-16;8-4-1-6(9)5(3-11)7(10)2-4;1-4(2)3-5(7)6(8)9;1-3-2-4(5)7-6-3;1-2/h5-8,13,21-22H,4H2,1-3H3,(H2,19,24)(H2,20,25);5-7,9,15,21-22H,4H2,1-3H3,(H2,20,24);2*4-5,7,12,18H,3H2,1-2H3,(H2,17,19);1-2H;4-5H,3,7H2,1-2H3,(H2,8,9);2H,5H2,1H3;1-2H/t13-;15-;2*12-;;5-;;/m1111.1../s1. The van der Waals surface area contributed by atoms with Crippen molar-refractivity contribution in [1.82, 2.24) is 13.1 Å². The molecule has 5 atom stereocenters. The van der Waals surface area contributed by atoms with Gasteiger partial charge in [0.2, 0.25) is 29.5 Å². The minimum Gasteiger partial charge on any atom is -0.389 e. The zero-order valence-electron chi connectivity index (χ0n) is 66.5. The number of carbonyl (C=O) groups excluding carboxylic acids is 6. The predicted octanol–water partition coefficient (Wildman–Crippen LogP) is 14.1. The Morgan fingerprint density at radius 2 is 0.720 bits per heavy atom. The van der Waals surface area contributed by atoms with Gasteiger partial charge in [-0.15, -0.1) is 0 Å². The number of rotatable bonds is 28. The number of hydrogen-bond acceptors (Lipinski definition) is 26. The van der Waals surface area contributed by atoms with E-state index in [9.17, 15) is 69.2 Å². The summed E-state index contributed by atoms with van der Waals surface area (Å²) in [5, 5.41) is 66.5. The van der Waals surface area contributed by atoms with Gasteiger partial charge in [0.05, 0.1) is 45.7 Å². The second kappa shape index (κ2) is 52.0. The van der Waals surface area contributed by atoms with E-state index in [2.05, 4.69) is 61.0 Å². The van der Waals surface area contributed by atoms with E-state index in [0.717, 1.165) is 34.2 Å². The fourth-order valence-corrected chi connectivity index (χ4v) is 12.3. The number of halogens is 9. The van der Waals surface area contributed by atoms with Crippen LogP contribution in [0.5, 0.6) is 0 Å². The molecule has 0 saturated carbocycles. The first kappa shape index (κ1) is 104. The van der Waals surface area contributed by atoms with Crippen molar-refractivity contribution in [1.29, 1.82) is 21.0 Å². The lowest BCUT2D eigenvalue weighted by Crippen LogP contribution is -2.37. The first-order chi connectivity index (χ1) is 55.1. The maximum absolute atomic E-state index is 14.5. The Morgan fingerprint density at radius 3 is 1.03 bits per heavy atom. The molecule has 6 amide bonds. The van der Waals surface area contributed by atoms with Crippen molar-refractivity contribution in [2.75, 3.05) is 37.6 Å².